The van der Waals surface area contributed by atoms with Crippen LogP contribution in [0.25, 0.3) is 0 Å². The Hall–Kier alpha value is -1.39. The van der Waals surface area contributed by atoms with Crippen molar-refractivity contribution in [3.05, 3.63) is 35.4 Å². The van der Waals surface area contributed by atoms with Crippen molar-refractivity contribution in [3.8, 4) is 0 Å². The number of aliphatic hydroxyl groups excluding tert-OH is 1. The molecule has 3 N–H and O–H groups in total. The van der Waals surface area contributed by atoms with Crippen molar-refractivity contribution in [2.24, 2.45) is 11.7 Å². The van der Waals surface area contributed by atoms with Crippen LogP contribution in [-0.4, -0.2) is 35.6 Å². The topological polar surface area (TPSA) is 66.6 Å². The maximum atomic E-state index is 12.2. The molecule has 0 radical (unpaired) electrons. The largest absolute Gasteiger partial charge is 0.396 e. The monoisotopic (exact) mass is 248 g/mol. The highest BCUT2D eigenvalue weighted by Gasteiger charge is 2.29. The Morgan fingerprint density at radius 3 is 2.72 bits per heavy atom. The van der Waals surface area contributed by atoms with Crippen LogP contribution in [0.5, 0.6) is 0 Å². The van der Waals surface area contributed by atoms with E-state index >= 15 is 0 Å². The molecule has 1 saturated heterocycles. The van der Waals surface area contributed by atoms with E-state index < -0.39 is 6.04 Å². The van der Waals surface area contributed by atoms with E-state index in [-0.39, 0.29) is 18.4 Å². The van der Waals surface area contributed by atoms with Crippen molar-refractivity contribution in [3.63, 3.8) is 0 Å². The molecular formula is C14H20N2O2. The van der Waals surface area contributed by atoms with E-state index in [1.807, 2.05) is 31.2 Å². The molecule has 2 unspecified atom stereocenters. The zero-order valence-electron chi connectivity index (χ0n) is 10.7. The molecule has 0 bridgehead atoms. The lowest BCUT2D eigenvalue weighted by Crippen LogP contribution is -2.37. The van der Waals surface area contributed by atoms with Gasteiger partial charge < -0.3 is 15.7 Å². The zero-order chi connectivity index (χ0) is 13.1. The molecule has 4 nitrogen and oxygen atoms in total. The second-order valence-corrected chi connectivity index (χ2v) is 5.01. The molecule has 0 spiro atoms. The fraction of sp³-hybridized carbons (Fsp3) is 0.500. The molecule has 4 heteroatoms. The number of benzene rings is 1. The molecule has 2 atom stereocenters. The Kier molecular flexibility index (Phi) is 3.99. The lowest BCUT2D eigenvalue weighted by atomic mass is 10.0. The van der Waals surface area contributed by atoms with Gasteiger partial charge in [-0.25, -0.2) is 0 Å². The predicted molar refractivity (Wildman–Crippen MR) is 69.9 cm³/mol. The standard InChI is InChI=1S/C14H20N2O2/c1-10-2-4-12(5-3-10)13(15)14(18)16-7-6-11(8-16)9-17/h2-5,11,13,17H,6-9,15H2,1H3. The van der Waals surface area contributed by atoms with Gasteiger partial charge in [-0.2, -0.15) is 0 Å². The Labute approximate surface area is 107 Å². The van der Waals surface area contributed by atoms with Gasteiger partial charge in [0.05, 0.1) is 0 Å². The highest BCUT2D eigenvalue weighted by molar-refractivity contribution is 5.83. The molecular weight excluding hydrogens is 228 g/mol. The molecule has 1 aromatic carbocycles. The zero-order valence-corrected chi connectivity index (χ0v) is 10.7. The van der Waals surface area contributed by atoms with E-state index in [1.54, 1.807) is 4.90 Å². The first kappa shape index (κ1) is 13.1. The maximum Gasteiger partial charge on any atom is 0.244 e. The second kappa shape index (κ2) is 5.50. The van der Waals surface area contributed by atoms with Gasteiger partial charge in [0.25, 0.3) is 0 Å². The fourth-order valence-corrected chi connectivity index (χ4v) is 2.29. The van der Waals surface area contributed by atoms with Crippen LogP contribution in [-0.2, 0) is 4.79 Å². The minimum atomic E-state index is -0.594. The lowest BCUT2D eigenvalue weighted by molar-refractivity contribution is -0.131. The number of nitrogens with zero attached hydrogens (tertiary/aromatic N) is 1. The molecule has 1 amide bonds. The summed E-state index contributed by atoms with van der Waals surface area (Å²) in [5.41, 5.74) is 8.00. The summed E-state index contributed by atoms with van der Waals surface area (Å²) < 4.78 is 0. The van der Waals surface area contributed by atoms with Gasteiger partial charge in [-0.1, -0.05) is 29.8 Å². The van der Waals surface area contributed by atoms with Crippen molar-refractivity contribution < 1.29 is 9.90 Å². The summed E-state index contributed by atoms with van der Waals surface area (Å²) in [5.74, 6) is 0.161. The smallest absolute Gasteiger partial charge is 0.244 e. The van der Waals surface area contributed by atoms with Crippen LogP contribution in [0.1, 0.15) is 23.6 Å². The third-order valence-electron chi connectivity index (χ3n) is 3.56. The summed E-state index contributed by atoms with van der Waals surface area (Å²) in [6.07, 6.45) is 0.864. The summed E-state index contributed by atoms with van der Waals surface area (Å²) in [6.45, 7) is 3.46. The molecule has 1 aromatic rings. The average Bonchev–Trinajstić information content (AvgIpc) is 2.86. The van der Waals surface area contributed by atoms with Crippen molar-refractivity contribution in [1.82, 2.24) is 4.90 Å². The Morgan fingerprint density at radius 2 is 2.17 bits per heavy atom. The maximum absolute atomic E-state index is 12.2. The second-order valence-electron chi connectivity index (χ2n) is 5.01. The number of hydrogen-bond donors (Lipinski definition) is 2. The fourth-order valence-electron chi connectivity index (χ4n) is 2.29. The highest BCUT2D eigenvalue weighted by atomic mass is 16.3. The van der Waals surface area contributed by atoms with Crippen molar-refractivity contribution >= 4 is 5.91 Å². The number of aryl methyl sites for hydroxylation is 1. The molecule has 1 fully saturated rings. The van der Waals surface area contributed by atoms with Gasteiger partial charge in [0, 0.05) is 25.6 Å². The SMILES string of the molecule is Cc1ccc(C(N)C(=O)N2CCC(CO)C2)cc1. The van der Waals surface area contributed by atoms with Crippen LogP contribution < -0.4 is 5.73 Å². The molecule has 0 saturated carbocycles. The minimum absolute atomic E-state index is 0.0465. The number of likely N-dealkylation sites (tertiary alicyclic amines) is 1. The summed E-state index contributed by atoms with van der Waals surface area (Å²) in [7, 11) is 0. The molecule has 0 aliphatic carbocycles. The Balaban J connectivity index is 2.03. The average molecular weight is 248 g/mol. The highest BCUT2D eigenvalue weighted by Crippen LogP contribution is 2.20. The summed E-state index contributed by atoms with van der Waals surface area (Å²) in [4.78, 5) is 14.0. The van der Waals surface area contributed by atoms with Crippen molar-refractivity contribution in [2.75, 3.05) is 19.7 Å². The number of hydrogen-bond acceptors (Lipinski definition) is 3. The van der Waals surface area contributed by atoms with Crippen LogP contribution >= 0.6 is 0 Å². The van der Waals surface area contributed by atoms with Crippen LogP contribution in [0.4, 0.5) is 0 Å². The van der Waals surface area contributed by atoms with Crippen LogP contribution in [0.3, 0.4) is 0 Å². The number of rotatable bonds is 3. The molecule has 1 aliphatic heterocycles. The van der Waals surface area contributed by atoms with Crippen molar-refractivity contribution in [1.29, 1.82) is 0 Å². The number of amides is 1. The summed E-state index contributed by atoms with van der Waals surface area (Å²) in [5, 5.41) is 9.08. The van der Waals surface area contributed by atoms with Gasteiger partial charge >= 0.3 is 0 Å². The van der Waals surface area contributed by atoms with E-state index in [0.29, 0.717) is 13.1 Å². The van der Waals surface area contributed by atoms with Gasteiger partial charge in [-0.15, -0.1) is 0 Å². The quantitative estimate of drug-likeness (QED) is 0.833. The van der Waals surface area contributed by atoms with E-state index in [1.165, 1.54) is 0 Å². The van der Waals surface area contributed by atoms with Gasteiger partial charge in [0.1, 0.15) is 6.04 Å². The third-order valence-corrected chi connectivity index (χ3v) is 3.56. The van der Waals surface area contributed by atoms with Crippen LogP contribution in [0.2, 0.25) is 0 Å². The first-order valence-corrected chi connectivity index (χ1v) is 6.33. The Morgan fingerprint density at radius 1 is 1.50 bits per heavy atom. The van der Waals surface area contributed by atoms with E-state index in [2.05, 4.69) is 0 Å². The minimum Gasteiger partial charge on any atom is -0.396 e. The van der Waals surface area contributed by atoms with Crippen LogP contribution in [0.15, 0.2) is 24.3 Å². The molecule has 18 heavy (non-hydrogen) atoms. The molecule has 1 aliphatic rings. The number of carbonyl (C=O) groups is 1. The first-order valence-electron chi connectivity index (χ1n) is 6.33. The molecule has 98 valence electrons. The van der Waals surface area contributed by atoms with E-state index in [0.717, 1.165) is 17.5 Å². The predicted octanol–water partition coefficient (Wildman–Crippen LogP) is 0.836. The summed E-state index contributed by atoms with van der Waals surface area (Å²) in [6, 6.07) is 7.13. The lowest BCUT2D eigenvalue weighted by Gasteiger charge is -2.21. The third kappa shape index (κ3) is 2.71. The normalized spacial score (nSPS) is 21.1. The summed E-state index contributed by atoms with van der Waals surface area (Å²) >= 11 is 0. The van der Waals surface area contributed by atoms with E-state index in [9.17, 15) is 4.79 Å². The number of nitrogens with two attached hydrogens (primary N) is 1. The first-order chi connectivity index (χ1) is 8.61. The molecule has 2 rings (SSSR count). The molecule has 0 aromatic heterocycles. The van der Waals surface area contributed by atoms with Gasteiger partial charge in [-0.05, 0) is 18.9 Å². The van der Waals surface area contributed by atoms with Crippen molar-refractivity contribution in [2.45, 2.75) is 19.4 Å². The Bertz CT molecular complexity index is 416. The number of carbonyl (C=O) groups excluding carboxylic acids is 1. The van der Waals surface area contributed by atoms with Gasteiger partial charge in [0.15, 0.2) is 0 Å². The van der Waals surface area contributed by atoms with Crippen LogP contribution in [0, 0.1) is 12.8 Å². The van der Waals surface area contributed by atoms with E-state index in [4.69, 9.17) is 10.8 Å². The van der Waals surface area contributed by atoms with Gasteiger partial charge in [0.2, 0.25) is 5.91 Å². The molecule has 1 heterocycles. The van der Waals surface area contributed by atoms with Gasteiger partial charge in [-0.3, -0.25) is 4.79 Å². The number of aliphatic hydroxyl groups is 1.